The molecular formula is C7H11N5O3S2. The van der Waals surface area contributed by atoms with Crippen molar-refractivity contribution in [2.24, 2.45) is 5.73 Å². The summed E-state index contributed by atoms with van der Waals surface area (Å²) in [6, 6.07) is -0.361. The van der Waals surface area contributed by atoms with Crippen LogP contribution in [0.5, 0.6) is 0 Å². The highest BCUT2D eigenvalue weighted by molar-refractivity contribution is 7.91. The largest absolute Gasteiger partial charge is 0.326 e. The van der Waals surface area contributed by atoms with Gasteiger partial charge >= 0.3 is 0 Å². The van der Waals surface area contributed by atoms with Crippen LogP contribution in [0.25, 0.3) is 0 Å². The number of sulfonamides is 1. The first-order chi connectivity index (χ1) is 7.88. The summed E-state index contributed by atoms with van der Waals surface area (Å²) < 4.78 is 25.7. The highest BCUT2D eigenvalue weighted by atomic mass is 32.2. The fraction of sp³-hybridized carbons (Fsp3) is 0.571. The Morgan fingerprint density at radius 2 is 2.18 bits per heavy atom. The van der Waals surface area contributed by atoms with E-state index >= 15 is 0 Å². The Balaban J connectivity index is 2.10. The molecule has 1 fully saturated rings. The molecule has 0 aliphatic heterocycles. The number of nitrogens with two attached hydrogens (primary N) is 1. The molecule has 10 heteroatoms. The lowest BCUT2D eigenvalue weighted by molar-refractivity contribution is -0.114. The highest BCUT2D eigenvalue weighted by Crippen LogP contribution is 2.24. The molecule has 2 atom stereocenters. The molecule has 8 nitrogen and oxygen atoms in total. The van der Waals surface area contributed by atoms with E-state index in [1.807, 2.05) is 0 Å². The van der Waals surface area contributed by atoms with Gasteiger partial charge in [0, 0.05) is 19.0 Å². The summed E-state index contributed by atoms with van der Waals surface area (Å²) in [5.41, 5.74) is 5.51. The maximum absolute atomic E-state index is 11.8. The molecule has 1 aromatic rings. The predicted octanol–water partition coefficient (Wildman–Crippen LogP) is -1.13. The van der Waals surface area contributed by atoms with E-state index in [0.717, 1.165) is 11.3 Å². The first-order valence-corrected chi connectivity index (χ1v) is 7.07. The molecule has 2 unspecified atom stereocenters. The minimum Gasteiger partial charge on any atom is -0.326 e. The maximum Gasteiger partial charge on any atom is 0.270 e. The molecule has 1 aliphatic rings. The van der Waals surface area contributed by atoms with Gasteiger partial charge in [-0.25, -0.2) is 13.1 Å². The molecule has 4 N–H and O–H groups in total. The molecule has 0 saturated heterocycles. The van der Waals surface area contributed by atoms with E-state index in [2.05, 4.69) is 20.2 Å². The Hall–Kier alpha value is -1.10. The number of aromatic nitrogens is 2. The van der Waals surface area contributed by atoms with E-state index in [-0.39, 0.29) is 27.5 Å². The van der Waals surface area contributed by atoms with Crippen LogP contribution < -0.4 is 15.8 Å². The van der Waals surface area contributed by atoms with Crippen LogP contribution in [0.15, 0.2) is 4.34 Å². The number of hydrogen-bond donors (Lipinski definition) is 3. The standard InChI is InChI=1S/C7H11N5O3S2/c1-3(13)9-6-10-11-7(16-6)17(14,15)12-5-2-4(5)8/h4-5,12H,2,8H2,1H3,(H,9,10,13). The fourth-order valence-electron chi connectivity index (χ4n) is 1.12. The smallest absolute Gasteiger partial charge is 0.270 e. The Bertz CT molecular complexity index is 539. The van der Waals surface area contributed by atoms with E-state index in [1.165, 1.54) is 6.92 Å². The third-order valence-corrected chi connectivity index (χ3v) is 4.76. The zero-order chi connectivity index (χ0) is 12.6. The van der Waals surface area contributed by atoms with Crippen LogP contribution in [0.2, 0.25) is 0 Å². The number of amides is 1. The van der Waals surface area contributed by atoms with Crippen LogP contribution in [0, 0.1) is 0 Å². The van der Waals surface area contributed by atoms with Crippen molar-refractivity contribution >= 4 is 32.4 Å². The van der Waals surface area contributed by atoms with Gasteiger partial charge in [-0.15, -0.1) is 10.2 Å². The Morgan fingerprint density at radius 1 is 1.53 bits per heavy atom. The molecule has 1 aliphatic carbocycles. The zero-order valence-electron chi connectivity index (χ0n) is 8.87. The van der Waals surface area contributed by atoms with Gasteiger partial charge in [-0.2, -0.15) is 0 Å². The second kappa shape index (κ2) is 4.29. The van der Waals surface area contributed by atoms with E-state index in [1.54, 1.807) is 0 Å². The molecule has 2 rings (SSSR count). The SMILES string of the molecule is CC(=O)Nc1nnc(S(=O)(=O)NC2CC2N)s1. The third-order valence-electron chi connectivity index (χ3n) is 2.07. The summed E-state index contributed by atoms with van der Waals surface area (Å²) in [7, 11) is -3.68. The van der Waals surface area contributed by atoms with Gasteiger partial charge in [-0.05, 0) is 6.42 Å². The number of nitrogens with one attached hydrogen (secondary N) is 2. The molecule has 94 valence electrons. The van der Waals surface area contributed by atoms with Gasteiger partial charge in [0.15, 0.2) is 0 Å². The van der Waals surface area contributed by atoms with Gasteiger partial charge in [-0.3, -0.25) is 4.79 Å². The average molecular weight is 277 g/mol. The van der Waals surface area contributed by atoms with Crippen LogP contribution in [0.1, 0.15) is 13.3 Å². The molecule has 0 radical (unpaired) electrons. The maximum atomic E-state index is 11.8. The summed E-state index contributed by atoms with van der Waals surface area (Å²) in [6.45, 7) is 1.30. The number of carbonyl (C=O) groups is 1. The van der Waals surface area contributed by atoms with Crippen molar-refractivity contribution in [3.63, 3.8) is 0 Å². The van der Waals surface area contributed by atoms with Gasteiger partial charge in [-0.1, -0.05) is 11.3 Å². The van der Waals surface area contributed by atoms with Crippen molar-refractivity contribution in [1.29, 1.82) is 0 Å². The number of anilines is 1. The van der Waals surface area contributed by atoms with Crippen molar-refractivity contribution in [2.45, 2.75) is 29.8 Å². The first kappa shape index (κ1) is 12.4. The number of nitrogens with zero attached hydrogens (tertiary/aromatic N) is 2. The molecule has 17 heavy (non-hydrogen) atoms. The minimum atomic E-state index is -3.68. The second-order valence-corrected chi connectivity index (χ2v) is 6.55. The lowest BCUT2D eigenvalue weighted by Gasteiger charge is -2.00. The Kier molecular flexibility index (Phi) is 3.12. The van der Waals surface area contributed by atoms with Crippen molar-refractivity contribution in [2.75, 3.05) is 5.32 Å². The summed E-state index contributed by atoms with van der Waals surface area (Å²) in [4.78, 5) is 10.7. The summed E-state index contributed by atoms with van der Waals surface area (Å²) in [5, 5.41) is 9.58. The molecule has 1 heterocycles. The van der Waals surface area contributed by atoms with E-state index in [0.29, 0.717) is 6.42 Å². The average Bonchev–Trinajstić information content (AvgIpc) is 2.71. The first-order valence-electron chi connectivity index (χ1n) is 4.77. The quantitative estimate of drug-likeness (QED) is 0.598. The van der Waals surface area contributed by atoms with Gasteiger partial charge in [0.05, 0.1) is 0 Å². The van der Waals surface area contributed by atoms with Crippen LogP contribution >= 0.6 is 11.3 Å². The molecule has 1 aromatic heterocycles. The predicted molar refractivity (Wildman–Crippen MR) is 60.9 cm³/mol. The summed E-state index contributed by atoms with van der Waals surface area (Å²) in [5.74, 6) is -0.331. The third kappa shape index (κ3) is 2.97. The normalized spacial score (nSPS) is 23.4. The van der Waals surface area contributed by atoms with E-state index < -0.39 is 10.0 Å². The zero-order valence-corrected chi connectivity index (χ0v) is 10.5. The molecule has 1 saturated carbocycles. The molecule has 1 amide bonds. The molecule has 0 aromatic carbocycles. The lowest BCUT2D eigenvalue weighted by Crippen LogP contribution is -2.29. The monoisotopic (exact) mass is 277 g/mol. The van der Waals surface area contributed by atoms with Crippen LogP contribution in [-0.4, -0.2) is 36.6 Å². The van der Waals surface area contributed by atoms with E-state index in [4.69, 9.17) is 5.73 Å². The Labute approximate surface area is 102 Å². The van der Waals surface area contributed by atoms with Crippen molar-refractivity contribution in [3.8, 4) is 0 Å². The lowest BCUT2D eigenvalue weighted by atomic mass is 10.7. The highest BCUT2D eigenvalue weighted by Gasteiger charge is 2.38. The van der Waals surface area contributed by atoms with Gasteiger partial charge in [0.25, 0.3) is 10.0 Å². The van der Waals surface area contributed by atoms with Crippen LogP contribution in [0.3, 0.4) is 0 Å². The van der Waals surface area contributed by atoms with Crippen molar-refractivity contribution < 1.29 is 13.2 Å². The summed E-state index contributed by atoms with van der Waals surface area (Å²) in [6.07, 6.45) is 0.622. The van der Waals surface area contributed by atoms with Gasteiger partial charge in [0.1, 0.15) is 0 Å². The number of rotatable bonds is 4. The Morgan fingerprint density at radius 3 is 2.71 bits per heavy atom. The van der Waals surface area contributed by atoms with Crippen LogP contribution in [-0.2, 0) is 14.8 Å². The van der Waals surface area contributed by atoms with Gasteiger partial charge < -0.3 is 11.1 Å². The van der Waals surface area contributed by atoms with Crippen LogP contribution in [0.4, 0.5) is 5.13 Å². The molecule has 0 bridgehead atoms. The fourth-order valence-corrected chi connectivity index (χ4v) is 3.38. The van der Waals surface area contributed by atoms with E-state index in [9.17, 15) is 13.2 Å². The number of hydrogen-bond acceptors (Lipinski definition) is 7. The second-order valence-electron chi connectivity index (χ2n) is 3.68. The minimum absolute atomic E-state index is 0.132. The summed E-state index contributed by atoms with van der Waals surface area (Å²) >= 11 is 0.794. The van der Waals surface area contributed by atoms with Crippen molar-refractivity contribution in [1.82, 2.24) is 14.9 Å². The number of carbonyl (C=O) groups excluding carboxylic acids is 1. The molecule has 0 spiro atoms. The topological polar surface area (TPSA) is 127 Å². The van der Waals surface area contributed by atoms with Gasteiger partial charge in [0.2, 0.25) is 15.4 Å². The molecular weight excluding hydrogens is 266 g/mol. The van der Waals surface area contributed by atoms with Crippen molar-refractivity contribution in [3.05, 3.63) is 0 Å².